The third-order valence-corrected chi connectivity index (χ3v) is 4.61. The molecule has 1 aromatic rings. The highest BCUT2D eigenvalue weighted by molar-refractivity contribution is 7.10. The zero-order valence-electron chi connectivity index (χ0n) is 9.04. The maximum absolute atomic E-state index is 4.79. The van der Waals surface area contributed by atoms with E-state index in [0.29, 0.717) is 0 Å². The number of nitrogens with zero attached hydrogens (tertiary/aromatic N) is 1. The van der Waals surface area contributed by atoms with Crippen LogP contribution in [0.15, 0.2) is 16.4 Å². The lowest BCUT2D eigenvalue weighted by molar-refractivity contribution is 0.438. The SMILES string of the molecule is c1cc2c(s1)CCN=C2C1CCCCC1. The van der Waals surface area contributed by atoms with E-state index in [0.717, 1.165) is 12.5 Å². The minimum absolute atomic E-state index is 0.771. The Morgan fingerprint density at radius 1 is 1.20 bits per heavy atom. The fourth-order valence-corrected chi connectivity index (χ4v) is 3.73. The van der Waals surface area contributed by atoms with E-state index < -0.39 is 0 Å². The van der Waals surface area contributed by atoms with Gasteiger partial charge in [-0.25, -0.2) is 0 Å². The monoisotopic (exact) mass is 219 g/mol. The Hall–Kier alpha value is -0.630. The van der Waals surface area contributed by atoms with Gasteiger partial charge in [0.2, 0.25) is 0 Å². The molecule has 1 aliphatic carbocycles. The number of fused-ring (bicyclic) bond motifs is 1. The molecule has 1 nitrogen and oxygen atoms in total. The first-order chi connectivity index (χ1) is 7.45. The van der Waals surface area contributed by atoms with E-state index in [1.165, 1.54) is 49.8 Å². The second kappa shape index (κ2) is 4.09. The third-order valence-electron chi connectivity index (χ3n) is 3.63. The van der Waals surface area contributed by atoms with Gasteiger partial charge in [0.1, 0.15) is 0 Å². The van der Waals surface area contributed by atoms with E-state index in [-0.39, 0.29) is 0 Å². The Kier molecular flexibility index (Phi) is 2.61. The van der Waals surface area contributed by atoms with Crippen LogP contribution in [0.1, 0.15) is 42.5 Å². The molecule has 3 rings (SSSR count). The molecule has 0 atom stereocenters. The topological polar surface area (TPSA) is 12.4 Å². The lowest BCUT2D eigenvalue weighted by Gasteiger charge is -2.25. The van der Waals surface area contributed by atoms with E-state index in [1.54, 1.807) is 4.88 Å². The Labute approximate surface area is 95.2 Å². The van der Waals surface area contributed by atoms with Crippen molar-refractivity contribution in [2.45, 2.75) is 38.5 Å². The van der Waals surface area contributed by atoms with E-state index in [2.05, 4.69) is 11.4 Å². The predicted octanol–water partition coefficient (Wildman–Crippen LogP) is 3.67. The molecule has 1 saturated carbocycles. The molecular formula is C13H17NS. The predicted molar refractivity (Wildman–Crippen MR) is 66.0 cm³/mol. The molecule has 0 aromatic carbocycles. The molecule has 15 heavy (non-hydrogen) atoms. The lowest BCUT2D eigenvalue weighted by atomic mass is 9.82. The van der Waals surface area contributed by atoms with Gasteiger partial charge in [-0.15, -0.1) is 11.3 Å². The quantitative estimate of drug-likeness (QED) is 0.683. The van der Waals surface area contributed by atoms with Crippen LogP contribution in [-0.4, -0.2) is 12.3 Å². The van der Waals surface area contributed by atoms with Crippen molar-refractivity contribution in [1.29, 1.82) is 0 Å². The van der Waals surface area contributed by atoms with Gasteiger partial charge in [0.15, 0.2) is 0 Å². The van der Waals surface area contributed by atoms with Crippen LogP contribution in [0.2, 0.25) is 0 Å². The van der Waals surface area contributed by atoms with Crippen molar-refractivity contribution in [3.63, 3.8) is 0 Å². The van der Waals surface area contributed by atoms with Crippen molar-refractivity contribution in [2.24, 2.45) is 10.9 Å². The average molecular weight is 219 g/mol. The molecule has 1 fully saturated rings. The standard InChI is InChI=1S/C13H17NS/c1-2-4-10(5-3-1)13-11-7-9-15-12(11)6-8-14-13/h7,9-10H,1-6,8H2. The molecule has 0 bridgehead atoms. The number of thiophene rings is 1. The third kappa shape index (κ3) is 1.76. The summed E-state index contributed by atoms with van der Waals surface area (Å²) in [6, 6.07) is 2.28. The Bertz CT molecular complexity index is 372. The molecule has 2 heteroatoms. The highest BCUT2D eigenvalue weighted by Crippen LogP contribution is 2.32. The number of hydrogen-bond acceptors (Lipinski definition) is 2. The molecule has 2 aliphatic rings. The summed E-state index contributed by atoms with van der Waals surface area (Å²) in [5, 5.41) is 2.23. The zero-order chi connectivity index (χ0) is 10.1. The Morgan fingerprint density at radius 2 is 2.07 bits per heavy atom. The maximum atomic E-state index is 4.79. The summed E-state index contributed by atoms with van der Waals surface area (Å²) in [5.74, 6) is 0.771. The van der Waals surface area contributed by atoms with E-state index in [1.807, 2.05) is 11.3 Å². The second-order valence-electron chi connectivity index (χ2n) is 4.61. The van der Waals surface area contributed by atoms with Crippen LogP contribution in [0.4, 0.5) is 0 Å². The number of aliphatic imine (C=N–C) groups is 1. The summed E-state index contributed by atoms with van der Waals surface area (Å²) in [4.78, 5) is 6.36. The van der Waals surface area contributed by atoms with Crippen LogP contribution < -0.4 is 0 Å². The van der Waals surface area contributed by atoms with Crippen LogP contribution in [0, 0.1) is 5.92 Å². The fraction of sp³-hybridized carbons (Fsp3) is 0.615. The molecule has 0 unspecified atom stereocenters. The van der Waals surface area contributed by atoms with Gasteiger partial charge in [0.05, 0.1) is 0 Å². The summed E-state index contributed by atoms with van der Waals surface area (Å²) in [7, 11) is 0. The number of hydrogen-bond donors (Lipinski definition) is 0. The molecule has 1 aliphatic heterocycles. The highest BCUT2D eigenvalue weighted by Gasteiger charge is 2.24. The van der Waals surface area contributed by atoms with Crippen molar-refractivity contribution in [3.05, 3.63) is 21.9 Å². The van der Waals surface area contributed by atoms with Crippen LogP contribution in [-0.2, 0) is 6.42 Å². The van der Waals surface area contributed by atoms with Gasteiger partial charge in [-0.05, 0) is 24.3 Å². The van der Waals surface area contributed by atoms with Crippen molar-refractivity contribution in [3.8, 4) is 0 Å². The smallest absolute Gasteiger partial charge is 0.0462 e. The van der Waals surface area contributed by atoms with Crippen molar-refractivity contribution < 1.29 is 0 Å². The lowest BCUT2D eigenvalue weighted by Crippen LogP contribution is -2.22. The molecule has 0 spiro atoms. The Morgan fingerprint density at radius 3 is 2.93 bits per heavy atom. The summed E-state index contributed by atoms with van der Waals surface area (Å²) >= 11 is 1.91. The van der Waals surface area contributed by atoms with Gasteiger partial charge in [-0.2, -0.15) is 0 Å². The van der Waals surface area contributed by atoms with E-state index >= 15 is 0 Å². The van der Waals surface area contributed by atoms with E-state index in [9.17, 15) is 0 Å². The first-order valence-electron chi connectivity index (χ1n) is 6.06. The van der Waals surface area contributed by atoms with Crippen molar-refractivity contribution in [2.75, 3.05) is 6.54 Å². The van der Waals surface area contributed by atoms with Crippen LogP contribution in [0.3, 0.4) is 0 Å². The first kappa shape index (κ1) is 9.59. The molecule has 0 radical (unpaired) electrons. The highest BCUT2D eigenvalue weighted by atomic mass is 32.1. The summed E-state index contributed by atoms with van der Waals surface area (Å²) < 4.78 is 0. The van der Waals surface area contributed by atoms with Gasteiger partial charge < -0.3 is 0 Å². The normalized spacial score (nSPS) is 22.3. The van der Waals surface area contributed by atoms with Gasteiger partial charge in [-0.3, -0.25) is 4.99 Å². The van der Waals surface area contributed by atoms with E-state index in [4.69, 9.17) is 4.99 Å². The minimum Gasteiger partial charge on any atom is -0.288 e. The van der Waals surface area contributed by atoms with Crippen molar-refractivity contribution >= 4 is 17.0 Å². The second-order valence-corrected chi connectivity index (χ2v) is 5.61. The summed E-state index contributed by atoms with van der Waals surface area (Å²) in [6.07, 6.45) is 8.15. The average Bonchev–Trinajstić information content (AvgIpc) is 2.78. The van der Waals surface area contributed by atoms with Crippen LogP contribution >= 0.6 is 11.3 Å². The molecular weight excluding hydrogens is 202 g/mol. The largest absolute Gasteiger partial charge is 0.288 e. The van der Waals surface area contributed by atoms with Crippen LogP contribution in [0.5, 0.6) is 0 Å². The number of rotatable bonds is 1. The van der Waals surface area contributed by atoms with Gasteiger partial charge in [-0.1, -0.05) is 19.3 Å². The molecule has 80 valence electrons. The Balaban J connectivity index is 1.89. The fourth-order valence-electron chi connectivity index (χ4n) is 2.85. The molecule has 1 aromatic heterocycles. The van der Waals surface area contributed by atoms with Gasteiger partial charge >= 0.3 is 0 Å². The maximum Gasteiger partial charge on any atom is 0.0462 e. The summed E-state index contributed by atoms with van der Waals surface area (Å²) in [6.45, 7) is 1.03. The first-order valence-corrected chi connectivity index (χ1v) is 6.94. The minimum atomic E-state index is 0.771. The zero-order valence-corrected chi connectivity index (χ0v) is 9.85. The van der Waals surface area contributed by atoms with Crippen molar-refractivity contribution in [1.82, 2.24) is 0 Å². The molecule has 0 amide bonds. The van der Waals surface area contributed by atoms with Gasteiger partial charge in [0, 0.05) is 35.0 Å². The summed E-state index contributed by atoms with van der Waals surface area (Å²) in [5.41, 5.74) is 2.93. The van der Waals surface area contributed by atoms with Crippen LogP contribution in [0.25, 0.3) is 0 Å². The molecule has 2 heterocycles. The molecule has 0 N–H and O–H groups in total. The molecule has 0 saturated heterocycles. The van der Waals surface area contributed by atoms with Gasteiger partial charge in [0.25, 0.3) is 0 Å².